The molecule has 2 atom stereocenters. The van der Waals surface area contributed by atoms with Gasteiger partial charge in [-0.2, -0.15) is 4.98 Å². The molecular weight excluding hydrogens is 584 g/mol. The molecule has 0 radical (unpaired) electrons. The number of aromatic nitrogens is 2. The summed E-state index contributed by atoms with van der Waals surface area (Å²) in [5.41, 5.74) is 4.93. The molecule has 3 aliphatic rings. The summed E-state index contributed by atoms with van der Waals surface area (Å²) in [5, 5.41) is 0. The Morgan fingerprint density at radius 2 is 1.71 bits per heavy atom. The van der Waals surface area contributed by atoms with Gasteiger partial charge in [-0.3, -0.25) is 4.79 Å². The summed E-state index contributed by atoms with van der Waals surface area (Å²) in [6.45, 7) is 9.05. The number of carbonyl (C=O) groups is 1. The fourth-order valence-electron chi connectivity index (χ4n) is 8.28. The van der Waals surface area contributed by atoms with Crippen molar-refractivity contribution in [2.24, 2.45) is 35.0 Å². The number of sulfonamides is 1. The Morgan fingerprint density at radius 3 is 2.38 bits per heavy atom. The van der Waals surface area contributed by atoms with Crippen LogP contribution < -0.4 is 9.46 Å². The standard InChI is InChI=1S/C36H46N4O4S/c1-22(2)13-26-21-44-32-16-31(33-23(3)9-7-10-24(33)4)37-35(38-32)39-45(42,43)29-12-8-11-25(14-29)15-30(26)27-17-36(18-27)19-28(20-36)34(41)40(5)6/h7-12,14,16,22,26-28,30H,13,15,17-21H2,1-6H3,(H,37,38,39)/t26-,27?,28?,30?,36?/m1/s1. The van der Waals surface area contributed by atoms with E-state index in [1.54, 1.807) is 17.0 Å². The highest BCUT2D eigenvalue weighted by atomic mass is 32.2. The van der Waals surface area contributed by atoms with E-state index in [4.69, 9.17) is 4.74 Å². The molecule has 45 heavy (non-hydrogen) atoms. The molecule has 4 bridgehead atoms. The maximum Gasteiger partial charge on any atom is 0.264 e. The summed E-state index contributed by atoms with van der Waals surface area (Å²) in [7, 11) is -0.254. The first-order valence-electron chi connectivity index (χ1n) is 16.2. The van der Waals surface area contributed by atoms with Gasteiger partial charge in [-0.05, 0) is 110 Å². The van der Waals surface area contributed by atoms with E-state index in [2.05, 4.69) is 28.5 Å². The SMILES string of the molecule is Cc1cccc(C)c1-c1cc2nc(n1)NS(=O)(=O)c1cccc(c1)CC(C1CC3(CC(C(=O)N(C)C)C3)C1)[C@H](CC(C)C)CO2. The number of nitrogens with one attached hydrogen (secondary N) is 1. The van der Waals surface area contributed by atoms with Crippen molar-refractivity contribution in [3.05, 3.63) is 65.2 Å². The number of hydrogen-bond donors (Lipinski definition) is 1. The van der Waals surface area contributed by atoms with Gasteiger partial charge in [0, 0.05) is 31.6 Å². The molecule has 2 aliphatic carbocycles. The summed E-state index contributed by atoms with van der Waals surface area (Å²) in [4.78, 5) is 23.7. The highest BCUT2D eigenvalue weighted by molar-refractivity contribution is 7.92. The lowest BCUT2D eigenvalue weighted by Gasteiger charge is -2.60. The van der Waals surface area contributed by atoms with Gasteiger partial charge in [0.25, 0.3) is 10.0 Å². The van der Waals surface area contributed by atoms with E-state index in [1.165, 1.54) is 0 Å². The normalized spacial score (nSPS) is 27.1. The number of aryl methyl sites for hydroxylation is 2. The minimum atomic E-state index is -3.94. The molecule has 0 saturated heterocycles. The Bertz CT molecular complexity index is 1670. The zero-order valence-corrected chi connectivity index (χ0v) is 28.2. The van der Waals surface area contributed by atoms with Crippen molar-refractivity contribution in [1.29, 1.82) is 0 Å². The first kappa shape index (κ1) is 31.5. The third-order valence-corrected chi connectivity index (χ3v) is 11.6. The van der Waals surface area contributed by atoms with E-state index in [-0.39, 0.29) is 34.0 Å². The van der Waals surface area contributed by atoms with E-state index >= 15 is 0 Å². The molecule has 2 heterocycles. The molecule has 1 aromatic heterocycles. The Morgan fingerprint density at radius 1 is 1.02 bits per heavy atom. The van der Waals surface area contributed by atoms with E-state index in [1.807, 2.05) is 64.3 Å². The minimum absolute atomic E-state index is 0.000457. The quantitative estimate of drug-likeness (QED) is 0.338. The molecule has 1 aliphatic heterocycles. The van der Waals surface area contributed by atoms with Crippen LogP contribution in [0, 0.1) is 48.9 Å². The topological polar surface area (TPSA) is 101 Å². The van der Waals surface area contributed by atoms with Crippen LogP contribution in [0.5, 0.6) is 5.88 Å². The van der Waals surface area contributed by atoms with Crippen LogP contribution in [0.3, 0.4) is 0 Å². The first-order chi connectivity index (χ1) is 21.3. The third-order valence-electron chi connectivity index (χ3n) is 10.3. The molecule has 1 amide bonds. The highest BCUT2D eigenvalue weighted by Gasteiger charge is 2.57. The number of amides is 1. The maximum atomic E-state index is 13.6. The molecule has 2 aromatic carbocycles. The van der Waals surface area contributed by atoms with Crippen LogP contribution in [0.4, 0.5) is 5.95 Å². The largest absolute Gasteiger partial charge is 0.477 e. The Hall–Kier alpha value is -3.46. The number of rotatable bonds is 5. The molecule has 8 nitrogen and oxygen atoms in total. The van der Waals surface area contributed by atoms with Crippen LogP contribution in [-0.4, -0.2) is 49.9 Å². The predicted octanol–water partition coefficient (Wildman–Crippen LogP) is 6.67. The number of carbonyl (C=O) groups excluding carboxylic acids is 1. The zero-order chi connectivity index (χ0) is 32.1. The average Bonchev–Trinajstić information content (AvgIpc) is 2.92. The van der Waals surface area contributed by atoms with Crippen molar-refractivity contribution >= 4 is 21.9 Å². The van der Waals surface area contributed by atoms with E-state index in [0.717, 1.165) is 60.8 Å². The molecule has 6 rings (SSSR count). The molecule has 1 N–H and O–H groups in total. The lowest BCUT2D eigenvalue weighted by molar-refractivity contribution is -0.153. The number of fused-ring (bicyclic) bond motifs is 4. The molecule has 240 valence electrons. The summed E-state index contributed by atoms with van der Waals surface area (Å²) in [5.74, 6) is 2.28. The van der Waals surface area contributed by atoms with Crippen LogP contribution in [-0.2, 0) is 21.2 Å². The Labute approximate surface area is 268 Å². The van der Waals surface area contributed by atoms with Gasteiger partial charge in [0.15, 0.2) is 0 Å². The molecule has 2 fully saturated rings. The van der Waals surface area contributed by atoms with Gasteiger partial charge in [0.2, 0.25) is 17.7 Å². The summed E-state index contributed by atoms with van der Waals surface area (Å²) >= 11 is 0. The second-order valence-corrected chi connectivity index (χ2v) is 16.2. The molecule has 2 saturated carbocycles. The number of anilines is 1. The van der Waals surface area contributed by atoms with Gasteiger partial charge < -0.3 is 9.64 Å². The van der Waals surface area contributed by atoms with Crippen LogP contribution in [0.1, 0.15) is 62.6 Å². The van der Waals surface area contributed by atoms with Gasteiger partial charge in [-0.25, -0.2) is 18.1 Å². The van der Waals surface area contributed by atoms with Crippen LogP contribution >= 0.6 is 0 Å². The van der Waals surface area contributed by atoms with E-state index in [0.29, 0.717) is 35.9 Å². The zero-order valence-electron chi connectivity index (χ0n) is 27.3. The summed E-state index contributed by atoms with van der Waals surface area (Å²) in [6.07, 6.45) is 5.94. The fourth-order valence-corrected chi connectivity index (χ4v) is 9.29. The Balaban J connectivity index is 1.36. The third kappa shape index (κ3) is 6.46. The fraction of sp³-hybridized carbons (Fsp3) is 0.528. The number of ether oxygens (including phenoxy) is 1. The Kier molecular flexibility index (Phi) is 8.44. The van der Waals surface area contributed by atoms with Gasteiger partial charge in [0.05, 0.1) is 17.2 Å². The molecule has 9 heteroatoms. The van der Waals surface area contributed by atoms with Crippen LogP contribution in [0.15, 0.2) is 53.4 Å². The second-order valence-electron chi connectivity index (χ2n) is 14.5. The number of benzene rings is 2. The van der Waals surface area contributed by atoms with Crippen molar-refractivity contribution in [3.8, 4) is 17.1 Å². The van der Waals surface area contributed by atoms with Gasteiger partial charge >= 0.3 is 0 Å². The maximum absolute atomic E-state index is 13.6. The van der Waals surface area contributed by atoms with Gasteiger partial charge in [-0.15, -0.1) is 0 Å². The minimum Gasteiger partial charge on any atom is -0.477 e. The highest BCUT2D eigenvalue weighted by Crippen LogP contribution is 2.64. The molecule has 1 unspecified atom stereocenters. The summed E-state index contributed by atoms with van der Waals surface area (Å²) in [6, 6.07) is 15.2. The van der Waals surface area contributed by atoms with Crippen molar-refractivity contribution in [1.82, 2.24) is 14.9 Å². The number of nitrogens with zero attached hydrogens (tertiary/aromatic N) is 3. The van der Waals surface area contributed by atoms with Crippen molar-refractivity contribution in [3.63, 3.8) is 0 Å². The summed E-state index contributed by atoms with van der Waals surface area (Å²) < 4.78 is 36.5. The van der Waals surface area contributed by atoms with Crippen LogP contribution in [0.25, 0.3) is 11.3 Å². The molecule has 3 aromatic rings. The molecular formula is C36H46N4O4S. The lowest BCUT2D eigenvalue weighted by Crippen LogP contribution is -2.54. The van der Waals surface area contributed by atoms with E-state index in [9.17, 15) is 13.2 Å². The van der Waals surface area contributed by atoms with Crippen molar-refractivity contribution < 1.29 is 17.9 Å². The van der Waals surface area contributed by atoms with Gasteiger partial charge in [0.1, 0.15) is 0 Å². The van der Waals surface area contributed by atoms with E-state index < -0.39 is 10.0 Å². The van der Waals surface area contributed by atoms with Crippen molar-refractivity contribution in [2.45, 2.75) is 71.1 Å². The second kappa shape index (κ2) is 12.0. The predicted molar refractivity (Wildman–Crippen MR) is 176 cm³/mol. The monoisotopic (exact) mass is 630 g/mol. The molecule has 1 spiro atoms. The van der Waals surface area contributed by atoms with Gasteiger partial charge in [-0.1, -0.05) is 44.2 Å². The van der Waals surface area contributed by atoms with Crippen molar-refractivity contribution in [2.75, 3.05) is 25.4 Å². The smallest absolute Gasteiger partial charge is 0.264 e. The lowest BCUT2D eigenvalue weighted by atomic mass is 9.45. The van der Waals surface area contributed by atoms with Crippen LogP contribution in [0.2, 0.25) is 0 Å². The number of hydrogen-bond acceptors (Lipinski definition) is 6. The first-order valence-corrected chi connectivity index (χ1v) is 17.7. The average molecular weight is 631 g/mol.